The van der Waals surface area contributed by atoms with Gasteiger partial charge in [-0.1, -0.05) is 0 Å². The van der Waals surface area contributed by atoms with Gasteiger partial charge in [0.15, 0.2) is 0 Å². The van der Waals surface area contributed by atoms with Crippen molar-refractivity contribution in [3.05, 3.63) is 24.2 Å². The minimum absolute atomic E-state index is 0.301. The molecule has 1 aliphatic carbocycles. The SMILES string of the molecule is NCC(c1ccco1)N1CC2CCC1C2. The Hall–Kier alpha value is -0.800. The van der Waals surface area contributed by atoms with E-state index in [0.29, 0.717) is 12.6 Å². The zero-order valence-corrected chi connectivity index (χ0v) is 8.93. The predicted octanol–water partition coefficient (Wildman–Crippen LogP) is 1.76. The monoisotopic (exact) mass is 206 g/mol. The normalized spacial score (nSPS) is 32.3. The van der Waals surface area contributed by atoms with E-state index in [0.717, 1.165) is 17.7 Å². The van der Waals surface area contributed by atoms with Crippen molar-refractivity contribution in [3.63, 3.8) is 0 Å². The molecule has 2 bridgehead atoms. The number of fused-ring (bicyclic) bond motifs is 2. The van der Waals surface area contributed by atoms with Crippen LogP contribution in [0.15, 0.2) is 22.8 Å². The van der Waals surface area contributed by atoms with E-state index < -0.39 is 0 Å². The van der Waals surface area contributed by atoms with Crippen molar-refractivity contribution < 1.29 is 4.42 Å². The number of hydrogen-bond donors (Lipinski definition) is 1. The fraction of sp³-hybridized carbons (Fsp3) is 0.667. The van der Waals surface area contributed by atoms with Gasteiger partial charge in [0.2, 0.25) is 0 Å². The summed E-state index contributed by atoms with van der Waals surface area (Å²) in [6.45, 7) is 1.88. The Morgan fingerprint density at radius 3 is 3.00 bits per heavy atom. The third-order valence-corrected chi connectivity index (χ3v) is 3.95. The van der Waals surface area contributed by atoms with E-state index in [1.807, 2.05) is 12.1 Å². The molecule has 1 saturated carbocycles. The largest absolute Gasteiger partial charge is 0.468 e. The molecule has 3 nitrogen and oxygen atoms in total. The summed E-state index contributed by atoms with van der Waals surface area (Å²) in [6, 6.07) is 5.06. The first-order valence-electron chi connectivity index (χ1n) is 5.87. The van der Waals surface area contributed by atoms with E-state index in [2.05, 4.69) is 4.90 Å². The van der Waals surface area contributed by atoms with Gasteiger partial charge in [-0.15, -0.1) is 0 Å². The van der Waals surface area contributed by atoms with E-state index in [-0.39, 0.29) is 0 Å². The van der Waals surface area contributed by atoms with Crippen LogP contribution in [0.25, 0.3) is 0 Å². The zero-order valence-electron chi connectivity index (χ0n) is 8.93. The Morgan fingerprint density at radius 1 is 1.53 bits per heavy atom. The van der Waals surface area contributed by atoms with Gasteiger partial charge in [-0.25, -0.2) is 0 Å². The molecule has 0 spiro atoms. The predicted molar refractivity (Wildman–Crippen MR) is 58.3 cm³/mol. The number of hydrogen-bond acceptors (Lipinski definition) is 3. The molecule has 3 unspecified atom stereocenters. The number of furan rings is 1. The quantitative estimate of drug-likeness (QED) is 0.819. The van der Waals surface area contributed by atoms with Crippen LogP contribution >= 0.6 is 0 Å². The van der Waals surface area contributed by atoms with Gasteiger partial charge in [0, 0.05) is 19.1 Å². The van der Waals surface area contributed by atoms with E-state index in [9.17, 15) is 0 Å². The van der Waals surface area contributed by atoms with Crippen molar-refractivity contribution in [2.75, 3.05) is 13.1 Å². The van der Waals surface area contributed by atoms with Crippen LogP contribution in [0.3, 0.4) is 0 Å². The van der Waals surface area contributed by atoms with E-state index in [1.54, 1.807) is 6.26 Å². The summed E-state index contributed by atoms with van der Waals surface area (Å²) < 4.78 is 5.48. The van der Waals surface area contributed by atoms with Crippen LogP contribution in [0.5, 0.6) is 0 Å². The fourth-order valence-electron chi connectivity index (χ4n) is 3.24. The highest BCUT2D eigenvalue weighted by Crippen LogP contribution is 2.41. The van der Waals surface area contributed by atoms with Crippen LogP contribution in [0, 0.1) is 5.92 Å². The first-order chi connectivity index (χ1) is 7.38. The fourth-order valence-corrected chi connectivity index (χ4v) is 3.24. The Kier molecular flexibility index (Phi) is 2.29. The van der Waals surface area contributed by atoms with Crippen molar-refractivity contribution >= 4 is 0 Å². The first-order valence-corrected chi connectivity index (χ1v) is 5.87. The molecule has 1 aliphatic heterocycles. The van der Waals surface area contributed by atoms with E-state index >= 15 is 0 Å². The third kappa shape index (κ3) is 1.50. The molecular formula is C12H18N2O. The van der Waals surface area contributed by atoms with Crippen LogP contribution < -0.4 is 5.73 Å². The van der Waals surface area contributed by atoms with Crippen molar-refractivity contribution in [3.8, 4) is 0 Å². The highest BCUT2D eigenvalue weighted by atomic mass is 16.3. The highest BCUT2D eigenvalue weighted by Gasteiger charge is 2.41. The summed E-state index contributed by atoms with van der Waals surface area (Å²) in [4.78, 5) is 2.55. The molecule has 82 valence electrons. The maximum absolute atomic E-state index is 5.87. The second-order valence-electron chi connectivity index (χ2n) is 4.80. The molecule has 2 fully saturated rings. The van der Waals surface area contributed by atoms with Gasteiger partial charge >= 0.3 is 0 Å². The van der Waals surface area contributed by atoms with Crippen LogP contribution in [-0.2, 0) is 0 Å². The topological polar surface area (TPSA) is 42.4 Å². The van der Waals surface area contributed by atoms with Crippen LogP contribution in [0.2, 0.25) is 0 Å². The maximum Gasteiger partial charge on any atom is 0.122 e. The smallest absolute Gasteiger partial charge is 0.122 e. The summed E-state index contributed by atoms with van der Waals surface area (Å²) in [5.74, 6) is 1.95. The summed E-state index contributed by atoms with van der Waals surface area (Å²) in [6.07, 6.45) is 5.88. The van der Waals surface area contributed by atoms with Crippen molar-refractivity contribution in [1.82, 2.24) is 4.90 Å². The summed E-state index contributed by atoms with van der Waals surface area (Å²) in [5.41, 5.74) is 5.87. The van der Waals surface area contributed by atoms with Crippen molar-refractivity contribution in [1.29, 1.82) is 0 Å². The lowest BCUT2D eigenvalue weighted by molar-refractivity contribution is 0.136. The molecule has 0 aromatic carbocycles. The molecule has 3 rings (SSSR count). The molecule has 3 heteroatoms. The van der Waals surface area contributed by atoms with Gasteiger partial charge in [-0.2, -0.15) is 0 Å². The molecule has 1 aromatic rings. The Morgan fingerprint density at radius 2 is 2.47 bits per heavy atom. The van der Waals surface area contributed by atoms with Gasteiger partial charge in [-0.3, -0.25) is 4.90 Å². The molecule has 2 heterocycles. The number of nitrogens with zero attached hydrogens (tertiary/aromatic N) is 1. The molecule has 0 amide bonds. The first kappa shape index (κ1) is 9.43. The van der Waals surface area contributed by atoms with Gasteiger partial charge in [0.25, 0.3) is 0 Å². The van der Waals surface area contributed by atoms with Crippen LogP contribution in [0.4, 0.5) is 0 Å². The minimum atomic E-state index is 0.301. The summed E-state index contributed by atoms with van der Waals surface area (Å²) >= 11 is 0. The minimum Gasteiger partial charge on any atom is -0.468 e. The Labute approximate surface area is 90.2 Å². The summed E-state index contributed by atoms with van der Waals surface area (Å²) in [7, 11) is 0. The van der Waals surface area contributed by atoms with Crippen molar-refractivity contribution in [2.45, 2.75) is 31.3 Å². The van der Waals surface area contributed by atoms with Crippen LogP contribution in [0.1, 0.15) is 31.1 Å². The average Bonchev–Trinajstić information content (AvgIpc) is 2.94. The third-order valence-electron chi connectivity index (χ3n) is 3.95. The van der Waals surface area contributed by atoms with Gasteiger partial charge in [0.05, 0.1) is 12.3 Å². The van der Waals surface area contributed by atoms with Gasteiger partial charge < -0.3 is 10.2 Å². The Bertz CT molecular complexity index is 322. The number of piperidine rings is 1. The molecular weight excluding hydrogens is 188 g/mol. The second kappa shape index (κ2) is 3.65. The highest BCUT2D eigenvalue weighted by molar-refractivity contribution is 5.08. The van der Waals surface area contributed by atoms with Crippen molar-refractivity contribution in [2.24, 2.45) is 11.7 Å². The van der Waals surface area contributed by atoms with Gasteiger partial charge in [0.1, 0.15) is 5.76 Å². The lowest BCUT2D eigenvalue weighted by atomic mass is 10.1. The molecule has 0 radical (unpaired) electrons. The summed E-state index contributed by atoms with van der Waals surface area (Å²) in [5, 5.41) is 0. The van der Waals surface area contributed by atoms with E-state index in [4.69, 9.17) is 10.2 Å². The second-order valence-corrected chi connectivity index (χ2v) is 4.80. The molecule has 15 heavy (non-hydrogen) atoms. The average molecular weight is 206 g/mol. The molecule has 3 atom stereocenters. The molecule has 2 aliphatic rings. The lowest BCUT2D eigenvalue weighted by Crippen LogP contribution is -2.39. The number of rotatable bonds is 3. The van der Waals surface area contributed by atoms with Crippen LogP contribution in [-0.4, -0.2) is 24.0 Å². The Balaban J connectivity index is 1.80. The zero-order chi connectivity index (χ0) is 10.3. The standard InChI is InChI=1S/C12H18N2O/c13-7-11(12-2-1-5-15-12)14-8-9-3-4-10(14)6-9/h1-2,5,9-11H,3-4,6-8,13H2. The molecule has 1 saturated heterocycles. The molecule has 2 N–H and O–H groups in total. The lowest BCUT2D eigenvalue weighted by Gasteiger charge is -2.32. The van der Waals surface area contributed by atoms with Gasteiger partial charge in [-0.05, 0) is 37.3 Å². The number of nitrogens with two attached hydrogens (primary N) is 1. The van der Waals surface area contributed by atoms with E-state index in [1.165, 1.54) is 25.8 Å². The molecule has 1 aromatic heterocycles. The maximum atomic E-state index is 5.87. The number of likely N-dealkylation sites (tertiary alicyclic amines) is 1.